The molecule has 2 aromatic rings. The molecule has 0 radical (unpaired) electrons. The van der Waals surface area contributed by atoms with Gasteiger partial charge >= 0.3 is 0 Å². The molecule has 0 saturated carbocycles. The number of ether oxygens (including phenoxy) is 1. The second-order valence-electron chi connectivity index (χ2n) is 5.93. The fourth-order valence-electron chi connectivity index (χ4n) is 3.25. The van der Waals surface area contributed by atoms with Gasteiger partial charge in [-0.25, -0.2) is 8.42 Å². The van der Waals surface area contributed by atoms with Crippen molar-refractivity contribution in [1.82, 2.24) is 9.29 Å². The van der Waals surface area contributed by atoms with Crippen molar-refractivity contribution >= 4 is 20.9 Å². The van der Waals surface area contributed by atoms with E-state index >= 15 is 0 Å². The number of rotatable bonds is 4. The van der Waals surface area contributed by atoms with Crippen LogP contribution < -0.4 is 10.5 Å². The third-order valence-corrected chi connectivity index (χ3v) is 6.47. The van der Waals surface area contributed by atoms with Gasteiger partial charge in [-0.2, -0.15) is 4.31 Å². The predicted octanol–water partition coefficient (Wildman–Crippen LogP) is 1.60. The second kappa shape index (κ2) is 6.07. The highest BCUT2D eigenvalue weighted by atomic mass is 32.2. The SMILES string of the molecule is COc1ccc(S(=O)(=O)N2CC(CN)CC2C)c2cccnc12. The van der Waals surface area contributed by atoms with Crippen molar-refractivity contribution in [3.05, 3.63) is 30.5 Å². The summed E-state index contributed by atoms with van der Waals surface area (Å²) in [6, 6.07) is 6.70. The molecule has 1 aliphatic rings. The third kappa shape index (κ3) is 2.69. The van der Waals surface area contributed by atoms with Crippen LogP contribution in [0.3, 0.4) is 0 Å². The first-order valence-electron chi connectivity index (χ1n) is 7.62. The molecule has 1 aromatic carbocycles. The summed E-state index contributed by atoms with van der Waals surface area (Å²) in [6.07, 6.45) is 2.42. The van der Waals surface area contributed by atoms with Gasteiger partial charge in [0, 0.05) is 24.2 Å². The zero-order valence-corrected chi connectivity index (χ0v) is 14.1. The van der Waals surface area contributed by atoms with Crippen molar-refractivity contribution in [2.75, 3.05) is 20.2 Å². The molecule has 1 saturated heterocycles. The molecule has 2 unspecified atom stereocenters. The molecule has 6 nitrogen and oxygen atoms in total. The van der Waals surface area contributed by atoms with Gasteiger partial charge in [-0.3, -0.25) is 4.98 Å². The van der Waals surface area contributed by atoms with Gasteiger partial charge in [-0.05, 0) is 50.1 Å². The van der Waals surface area contributed by atoms with E-state index in [1.54, 1.807) is 41.9 Å². The minimum Gasteiger partial charge on any atom is -0.494 e. The van der Waals surface area contributed by atoms with Crippen molar-refractivity contribution in [3.8, 4) is 5.75 Å². The summed E-state index contributed by atoms with van der Waals surface area (Å²) in [4.78, 5) is 4.54. The molecule has 1 fully saturated rings. The summed E-state index contributed by atoms with van der Waals surface area (Å²) in [5.74, 6) is 0.774. The van der Waals surface area contributed by atoms with E-state index in [1.165, 1.54) is 0 Å². The van der Waals surface area contributed by atoms with Crippen molar-refractivity contribution in [2.45, 2.75) is 24.3 Å². The number of nitrogens with zero attached hydrogens (tertiary/aromatic N) is 2. The quantitative estimate of drug-likeness (QED) is 0.917. The Morgan fingerprint density at radius 1 is 1.39 bits per heavy atom. The van der Waals surface area contributed by atoms with Gasteiger partial charge in [0.05, 0.1) is 12.0 Å². The molecule has 2 N–H and O–H groups in total. The lowest BCUT2D eigenvalue weighted by Crippen LogP contribution is -2.34. The van der Waals surface area contributed by atoms with Gasteiger partial charge in [-0.1, -0.05) is 0 Å². The van der Waals surface area contributed by atoms with E-state index in [-0.39, 0.29) is 16.9 Å². The van der Waals surface area contributed by atoms with Crippen molar-refractivity contribution in [2.24, 2.45) is 11.7 Å². The molecule has 1 aromatic heterocycles. The van der Waals surface area contributed by atoms with Crippen LogP contribution in [0.15, 0.2) is 35.4 Å². The lowest BCUT2D eigenvalue weighted by molar-refractivity contribution is 0.404. The standard InChI is InChI=1S/C16H21N3O3S/c1-11-8-12(9-17)10-19(11)23(20,21)15-6-5-14(22-2)16-13(15)4-3-7-18-16/h3-7,11-12H,8-10,17H2,1-2H3. The number of sulfonamides is 1. The molecule has 2 atom stereocenters. The Bertz CT molecular complexity index is 822. The van der Waals surface area contributed by atoms with E-state index in [9.17, 15) is 8.42 Å². The van der Waals surface area contributed by atoms with E-state index in [2.05, 4.69) is 4.98 Å². The number of benzene rings is 1. The number of hydrogen-bond acceptors (Lipinski definition) is 5. The smallest absolute Gasteiger partial charge is 0.244 e. The largest absolute Gasteiger partial charge is 0.494 e. The Morgan fingerprint density at radius 3 is 2.83 bits per heavy atom. The fraction of sp³-hybridized carbons (Fsp3) is 0.438. The van der Waals surface area contributed by atoms with E-state index in [0.29, 0.717) is 29.7 Å². The Morgan fingerprint density at radius 2 is 2.17 bits per heavy atom. The van der Waals surface area contributed by atoms with Crippen LogP contribution >= 0.6 is 0 Å². The van der Waals surface area contributed by atoms with Gasteiger partial charge < -0.3 is 10.5 Å². The molecule has 0 bridgehead atoms. The number of aromatic nitrogens is 1. The highest BCUT2D eigenvalue weighted by molar-refractivity contribution is 7.89. The number of hydrogen-bond donors (Lipinski definition) is 1. The fourth-order valence-corrected chi connectivity index (χ4v) is 5.15. The summed E-state index contributed by atoms with van der Waals surface area (Å²) in [5.41, 5.74) is 6.27. The molecule has 0 spiro atoms. The lowest BCUT2D eigenvalue weighted by atomic mass is 10.1. The van der Waals surface area contributed by atoms with Crippen LogP contribution in [-0.4, -0.2) is 43.9 Å². The van der Waals surface area contributed by atoms with Crippen molar-refractivity contribution in [1.29, 1.82) is 0 Å². The highest BCUT2D eigenvalue weighted by Crippen LogP contribution is 2.34. The summed E-state index contributed by atoms with van der Waals surface area (Å²) in [5, 5.41) is 0.579. The molecule has 7 heteroatoms. The normalized spacial score (nSPS) is 22.6. The summed E-state index contributed by atoms with van der Waals surface area (Å²) in [7, 11) is -2.05. The van der Waals surface area contributed by atoms with Gasteiger partial charge in [0.25, 0.3) is 0 Å². The van der Waals surface area contributed by atoms with Gasteiger partial charge in [-0.15, -0.1) is 0 Å². The van der Waals surface area contributed by atoms with Crippen LogP contribution in [0, 0.1) is 5.92 Å². The molecule has 1 aliphatic heterocycles. The van der Waals surface area contributed by atoms with Crippen molar-refractivity contribution < 1.29 is 13.2 Å². The molecule has 0 aliphatic carbocycles. The first-order chi connectivity index (χ1) is 11.0. The summed E-state index contributed by atoms with van der Waals surface area (Å²) >= 11 is 0. The first-order valence-corrected chi connectivity index (χ1v) is 9.06. The minimum absolute atomic E-state index is 0.0534. The first kappa shape index (κ1) is 16.2. The van der Waals surface area contributed by atoms with E-state index < -0.39 is 10.0 Å². The second-order valence-corrected chi connectivity index (χ2v) is 7.79. The minimum atomic E-state index is -3.60. The predicted molar refractivity (Wildman–Crippen MR) is 88.8 cm³/mol. The number of methoxy groups -OCH3 is 1. The molecule has 0 amide bonds. The zero-order valence-electron chi connectivity index (χ0n) is 13.3. The molecule has 3 rings (SSSR count). The summed E-state index contributed by atoms with van der Waals surface area (Å²) < 4.78 is 33.1. The van der Waals surface area contributed by atoms with Crippen LogP contribution in [0.4, 0.5) is 0 Å². The van der Waals surface area contributed by atoms with Crippen LogP contribution in [-0.2, 0) is 10.0 Å². The van der Waals surface area contributed by atoms with E-state index in [4.69, 9.17) is 10.5 Å². The maximum absolute atomic E-state index is 13.1. The van der Waals surface area contributed by atoms with Crippen molar-refractivity contribution in [3.63, 3.8) is 0 Å². The van der Waals surface area contributed by atoms with Gasteiger partial charge in [0.15, 0.2) is 0 Å². The van der Waals surface area contributed by atoms with Gasteiger partial charge in [0.2, 0.25) is 10.0 Å². The van der Waals surface area contributed by atoms with Crippen LogP contribution in [0.25, 0.3) is 10.9 Å². The van der Waals surface area contributed by atoms with Crippen LogP contribution in [0.1, 0.15) is 13.3 Å². The molecule has 2 heterocycles. The Balaban J connectivity index is 2.13. The van der Waals surface area contributed by atoms with E-state index in [0.717, 1.165) is 6.42 Å². The average molecular weight is 335 g/mol. The highest BCUT2D eigenvalue weighted by Gasteiger charge is 2.38. The number of fused-ring (bicyclic) bond motifs is 1. The number of nitrogens with two attached hydrogens (primary N) is 1. The maximum Gasteiger partial charge on any atom is 0.244 e. The lowest BCUT2D eigenvalue weighted by Gasteiger charge is -2.22. The van der Waals surface area contributed by atoms with E-state index in [1.807, 2.05) is 6.92 Å². The van der Waals surface area contributed by atoms with Crippen LogP contribution in [0.5, 0.6) is 5.75 Å². The zero-order chi connectivity index (χ0) is 16.6. The third-order valence-electron chi connectivity index (χ3n) is 4.44. The average Bonchev–Trinajstić information content (AvgIpc) is 2.95. The molecule has 23 heavy (non-hydrogen) atoms. The summed E-state index contributed by atoms with van der Waals surface area (Å²) in [6.45, 7) is 2.90. The maximum atomic E-state index is 13.1. The number of pyridine rings is 1. The Labute approximate surface area is 136 Å². The monoisotopic (exact) mass is 335 g/mol. The van der Waals surface area contributed by atoms with Gasteiger partial charge in [0.1, 0.15) is 11.3 Å². The molecular weight excluding hydrogens is 314 g/mol. The Hall–Kier alpha value is -1.70. The Kier molecular flexibility index (Phi) is 4.27. The molecular formula is C16H21N3O3S. The topological polar surface area (TPSA) is 85.5 Å². The molecule has 124 valence electrons. The van der Waals surface area contributed by atoms with Crippen LogP contribution in [0.2, 0.25) is 0 Å².